The van der Waals surface area contributed by atoms with Gasteiger partial charge in [-0.05, 0) is 30.0 Å². The van der Waals surface area contributed by atoms with Crippen molar-refractivity contribution in [2.45, 2.75) is 19.4 Å². The van der Waals surface area contributed by atoms with E-state index in [0.29, 0.717) is 6.54 Å². The molecule has 17 heavy (non-hydrogen) atoms. The van der Waals surface area contributed by atoms with Crippen LogP contribution < -0.4 is 15.8 Å². The monoisotopic (exact) mass is 234 g/mol. The van der Waals surface area contributed by atoms with E-state index < -0.39 is 11.8 Å². The molecule has 0 saturated heterocycles. The molecule has 0 aromatic heterocycles. The Hall–Kier alpha value is -2.04. The van der Waals surface area contributed by atoms with Crippen LogP contribution in [-0.2, 0) is 22.6 Å². The lowest BCUT2D eigenvalue weighted by Crippen LogP contribution is -2.35. The van der Waals surface area contributed by atoms with Crippen molar-refractivity contribution in [1.29, 1.82) is 0 Å². The fraction of sp³-hybridized carbons (Fsp3) is 0.333. The molecule has 90 valence electrons. The van der Waals surface area contributed by atoms with Crippen molar-refractivity contribution < 1.29 is 14.3 Å². The van der Waals surface area contributed by atoms with Gasteiger partial charge in [-0.3, -0.25) is 9.59 Å². The van der Waals surface area contributed by atoms with Gasteiger partial charge in [-0.1, -0.05) is 12.1 Å². The van der Waals surface area contributed by atoms with Crippen LogP contribution in [0, 0.1) is 0 Å². The molecule has 0 radical (unpaired) electrons. The zero-order valence-corrected chi connectivity index (χ0v) is 9.36. The van der Waals surface area contributed by atoms with Crippen LogP contribution in [0.4, 0.5) is 0 Å². The van der Waals surface area contributed by atoms with E-state index in [2.05, 4.69) is 5.32 Å². The summed E-state index contributed by atoms with van der Waals surface area (Å²) in [4.78, 5) is 21.5. The SMILES string of the molecule is NC(=O)C(=O)NCc1ccc2c(c1)CCCO2. The number of primary amides is 1. The Morgan fingerprint density at radius 1 is 1.41 bits per heavy atom. The molecule has 5 heteroatoms. The Morgan fingerprint density at radius 2 is 2.24 bits per heavy atom. The lowest BCUT2D eigenvalue weighted by Gasteiger charge is -2.17. The predicted octanol–water partition coefficient (Wildman–Crippen LogP) is 0.113. The maximum Gasteiger partial charge on any atom is 0.309 e. The first kappa shape index (κ1) is 11.4. The number of amides is 2. The van der Waals surface area contributed by atoms with Crippen molar-refractivity contribution in [1.82, 2.24) is 5.32 Å². The van der Waals surface area contributed by atoms with Crippen LogP contribution in [0.25, 0.3) is 0 Å². The second-order valence-electron chi connectivity index (χ2n) is 3.94. The van der Waals surface area contributed by atoms with Crippen LogP contribution in [0.3, 0.4) is 0 Å². The van der Waals surface area contributed by atoms with Gasteiger partial charge in [0.2, 0.25) is 0 Å². The topological polar surface area (TPSA) is 81.4 Å². The number of hydrogen-bond acceptors (Lipinski definition) is 3. The van der Waals surface area contributed by atoms with Crippen molar-refractivity contribution >= 4 is 11.8 Å². The molecule has 1 aliphatic rings. The number of nitrogens with one attached hydrogen (secondary N) is 1. The number of fused-ring (bicyclic) bond motifs is 1. The summed E-state index contributed by atoms with van der Waals surface area (Å²) in [7, 11) is 0. The first-order valence-corrected chi connectivity index (χ1v) is 5.49. The number of nitrogens with two attached hydrogens (primary N) is 1. The molecule has 0 atom stereocenters. The number of ether oxygens (including phenoxy) is 1. The van der Waals surface area contributed by atoms with Gasteiger partial charge in [-0.15, -0.1) is 0 Å². The summed E-state index contributed by atoms with van der Waals surface area (Å²) in [6.07, 6.45) is 1.98. The molecule has 2 amide bonds. The van der Waals surface area contributed by atoms with E-state index in [1.165, 1.54) is 0 Å². The molecule has 0 aliphatic carbocycles. The number of rotatable bonds is 2. The summed E-state index contributed by atoms with van der Waals surface area (Å²) in [5.41, 5.74) is 6.91. The van der Waals surface area contributed by atoms with Gasteiger partial charge in [0.25, 0.3) is 0 Å². The van der Waals surface area contributed by atoms with E-state index in [1.54, 1.807) is 0 Å². The van der Waals surface area contributed by atoms with E-state index in [4.69, 9.17) is 10.5 Å². The third-order valence-corrected chi connectivity index (χ3v) is 2.65. The summed E-state index contributed by atoms with van der Waals surface area (Å²) in [5, 5.41) is 2.45. The molecule has 1 aliphatic heterocycles. The zero-order chi connectivity index (χ0) is 12.3. The second kappa shape index (κ2) is 4.86. The summed E-state index contributed by atoms with van der Waals surface area (Å²) >= 11 is 0. The van der Waals surface area contributed by atoms with Crippen molar-refractivity contribution in [2.75, 3.05) is 6.61 Å². The first-order valence-electron chi connectivity index (χ1n) is 5.49. The lowest BCUT2D eigenvalue weighted by molar-refractivity contribution is -0.137. The molecular formula is C12H14N2O3. The first-order chi connectivity index (χ1) is 8.16. The van der Waals surface area contributed by atoms with Gasteiger partial charge >= 0.3 is 11.8 Å². The highest BCUT2D eigenvalue weighted by Crippen LogP contribution is 2.25. The summed E-state index contributed by atoms with van der Waals surface area (Å²) in [5.74, 6) is -0.827. The summed E-state index contributed by atoms with van der Waals surface area (Å²) < 4.78 is 5.48. The van der Waals surface area contributed by atoms with Crippen LogP contribution in [0.5, 0.6) is 5.75 Å². The van der Waals surface area contributed by atoms with Crippen LogP contribution in [0.15, 0.2) is 18.2 Å². The quantitative estimate of drug-likeness (QED) is 0.713. The largest absolute Gasteiger partial charge is 0.493 e. The van der Waals surface area contributed by atoms with E-state index in [0.717, 1.165) is 36.3 Å². The fourth-order valence-electron chi connectivity index (χ4n) is 1.79. The molecule has 0 saturated carbocycles. The maximum absolute atomic E-state index is 11.0. The van der Waals surface area contributed by atoms with Gasteiger partial charge in [0.1, 0.15) is 5.75 Å². The maximum atomic E-state index is 11.0. The molecular weight excluding hydrogens is 220 g/mol. The van der Waals surface area contributed by atoms with Gasteiger partial charge in [0, 0.05) is 6.54 Å². The van der Waals surface area contributed by atoms with E-state index in [9.17, 15) is 9.59 Å². The predicted molar refractivity (Wildman–Crippen MR) is 61.3 cm³/mol. The summed E-state index contributed by atoms with van der Waals surface area (Å²) in [6, 6.07) is 5.74. The molecule has 3 N–H and O–H groups in total. The van der Waals surface area contributed by atoms with Crippen LogP contribution in [-0.4, -0.2) is 18.4 Å². The standard InChI is InChI=1S/C12H14N2O3/c13-11(15)12(16)14-7-8-3-4-10-9(6-8)2-1-5-17-10/h3-4,6H,1-2,5,7H2,(H2,13,15)(H,14,16). The van der Waals surface area contributed by atoms with Gasteiger partial charge in [0.15, 0.2) is 0 Å². The highest BCUT2D eigenvalue weighted by Gasteiger charge is 2.12. The smallest absolute Gasteiger partial charge is 0.309 e. The fourth-order valence-corrected chi connectivity index (χ4v) is 1.79. The molecule has 1 heterocycles. The van der Waals surface area contributed by atoms with Crippen LogP contribution in [0.2, 0.25) is 0 Å². The highest BCUT2D eigenvalue weighted by molar-refractivity contribution is 6.34. The number of hydrogen-bond donors (Lipinski definition) is 2. The number of aryl methyl sites for hydroxylation is 1. The minimum Gasteiger partial charge on any atom is -0.493 e. The second-order valence-corrected chi connectivity index (χ2v) is 3.94. The molecule has 1 aromatic carbocycles. The Balaban J connectivity index is 2.02. The van der Waals surface area contributed by atoms with E-state index >= 15 is 0 Å². The Kier molecular flexibility index (Phi) is 3.27. The number of carbonyl (C=O) groups is 2. The molecule has 2 rings (SSSR count). The Labute approximate surface area is 98.9 Å². The van der Waals surface area contributed by atoms with Gasteiger partial charge < -0.3 is 15.8 Å². The van der Waals surface area contributed by atoms with Crippen molar-refractivity contribution in [2.24, 2.45) is 5.73 Å². The third kappa shape index (κ3) is 2.75. The van der Waals surface area contributed by atoms with Crippen LogP contribution >= 0.6 is 0 Å². The number of benzene rings is 1. The number of carbonyl (C=O) groups excluding carboxylic acids is 2. The lowest BCUT2D eigenvalue weighted by atomic mass is 10.0. The minimum atomic E-state index is -0.966. The summed E-state index contributed by atoms with van der Waals surface area (Å²) in [6.45, 7) is 1.06. The molecule has 0 unspecified atom stereocenters. The molecule has 5 nitrogen and oxygen atoms in total. The van der Waals surface area contributed by atoms with Gasteiger partial charge in [-0.25, -0.2) is 0 Å². The van der Waals surface area contributed by atoms with E-state index in [-0.39, 0.29) is 0 Å². The van der Waals surface area contributed by atoms with Gasteiger partial charge in [-0.2, -0.15) is 0 Å². The average molecular weight is 234 g/mol. The van der Waals surface area contributed by atoms with Crippen molar-refractivity contribution in [3.63, 3.8) is 0 Å². The van der Waals surface area contributed by atoms with Crippen molar-refractivity contribution in [3.05, 3.63) is 29.3 Å². The normalized spacial score (nSPS) is 13.4. The molecule has 0 spiro atoms. The Morgan fingerprint density at radius 3 is 3.00 bits per heavy atom. The average Bonchev–Trinajstić information content (AvgIpc) is 2.35. The van der Waals surface area contributed by atoms with Crippen LogP contribution in [0.1, 0.15) is 17.5 Å². The van der Waals surface area contributed by atoms with E-state index in [1.807, 2.05) is 18.2 Å². The van der Waals surface area contributed by atoms with Gasteiger partial charge in [0.05, 0.1) is 6.61 Å². The zero-order valence-electron chi connectivity index (χ0n) is 9.36. The van der Waals surface area contributed by atoms with Crippen molar-refractivity contribution in [3.8, 4) is 5.75 Å². The minimum absolute atomic E-state index is 0.301. The Bertz CT molecular complexity index is 457. The molecule has 0 bridgehead atoms. The molecule has 0 fully saturated rings. The molecule has 1 aromatic rings. The highest BCUT2D eigenvalue weighted by atomic mass is 16.5. The third-order valence-electron chi connectivity index (χ3n) is 2.65.